The Bertz CT molecular complexity index is 238. The lowest BCUT2D eigenvalue weighted by molar-refractivity contribution is -0.0303. The molecule has 0 radical (unpaired) electrons. The van der Waals surface area contributed by atoms with Crippen molar-refractivity contribution in [1.29, 1.82) is 0 Å². The Balaban J connectivity index is 2.12. The molecule has 1 saturated carbocycles. The first-order chi connectivity index (χ1) is 8.93. The number of nitrogens with one attached hydrogen (secondary N) is 1. The molecule has 0 saturated heterocycles. The van der Waals surface area contributed by atoms with Gasteiger partial charge in [-0.3, -0.25) is 0 Å². The van der Waals surface area contributed by atoms with Crippen molar-refractivity contribution in [2.45, 2.75) is 64.2 Å². The minimum atomic E-state index is -0.449. The fourth-order valence-corrected chi connectivity index (χ4v) is 2.51. The van der Waals surface area contributed by atoms with Gasteiger partial charge < -0.3 is 19.9 Å². The summed E-state index contributed by atoms with van der Waals surface area (Å²) < 4.78 is 10.9. The Morgan fingerprint density at radius 1 is 1.26 bits per heavy atom. The summed E-state index contributed by atoms with van der Waals surface area (Å²) in [7, 11) is 1.69. The Labute approximate surface area is 117 Å². The number of hydrogen-bond donors (Lipinski definition) is 2. The van der Waals surface area contributed by atoms with E-state index < -0.39 is 6.10 Å². The second-order valence-electron chi connectivity index (χ2n) is 6.57. The van der Waals surface area contributed by atoms with Gasteiger partial charge in [0.2, 0.25) is 0 Å². The van der Waals surface area contributed by atoms with Gasteiger partial charge in [0.15, 0.2) is 0 Å². The number of aliphatic hydroxyl groups excluding tert-OH is 1. The third-order valence-corrected chi connectivity index (χ3v) is 3.81. The third-order valence-electron chi connectivity index (χ3n) is 3.81. The SMILES string of the molecule is COCC(C)(C)NCC(O)COC1CCC(C)CC1. The summed E-state index contributed by atoms with van der Waals surface area (Å²) in [4.78, 5) is 0. The molecular formula is C15H31NO3. The van der Waals surface area contributed by atoms with Crippen molar-refractivity contribution in [2.75, 3.05) is 26.9 Å². The predicted octanol–water partition coefficient (Wildman–Crippen LogP) is 1.96. The van der Waals surface area contributed by atoms with Crippen LogP contribution < -0.4 is 5.32 Å². The van der Waals surface area contributed by atoms with Crippen LogP contribution in [0, 0.1) is 5.92 Å². The lowest BCUT2D eigenvalue weighted by Gasteiger charge is -2.29. The molecule has 114 valence electrons. The van der Waals surface area contributed by atoms with Crippen molar-refractivity contribution >= 4 is 0 Å². The molecule has 1 aliphatic rings. The van der Waals surface area contributed by atoms with E-state index in [-0.39, 0.29) is 5.54 Å². The van der Waals surface area contributed by atoms with Gasteiger partial charge in [-0.1, -0.05) is 6.92 Å². The maximum atomic E-state index is 9.94. The van der Waals surface area contributed by atoms with E-state index in [1.165, 1.54) is 12.8 Å². The maximum Gasteiger partial charge on any atom is 0.0898 e. The monoisotopic (exact) mass is 273 g/mol. The summed E-state index contributed by atoms with van der Waals surface area (Å²) in [6.07, 6.45) is 4.67. The predicted molar refractivity (Wildman–Crippen MR) is 77.3 cm³/mol. The number of β-amino-alcohol motifs (C(OH)–C–C–N with tert-alkyl or cyclic N) is 1. The molecule has 19 heavy (non-hydrogen) atoms. The first-order valence-electron chi connectivity index (χ1n) is 7.46. The highest BCUT2D eigenvalue weighted by Gasteiger charge is 2.21. The first kappa shape index (κ1) is 16.9. The Kier molecular flexibility index (Phi) is 7.29. The minimum Gasteiger partial charge on any atom is -0.389 e. The van der Waals surface area contributed by atoms with E-state index in [0.29, 0.717) is 25.9 Å². The highest BCUT2D eigenvalue weighted by molar-refractivity contribution is 4.78. The molecule has 2 N–H and O–H groups in total. The van der Waals surface area contributed by atoms with Crippen LogP contribution in [0.25, 0.3) is 0 Å². The van der Waals surface area contributed by atoms with E-state index in [0.717, 1.165) is 18.8 Å². The lowest BCUT2D eigenvalue weighted by Crippen LogP contribution is -2.47. The van der Waals surface area contributed by atoms with Gasteiger partial charge in [0.05, 0.1) is 25.4 Å². The second-order valence-corrected chi connectivity index (χ2v) is 6.57. The zero-order valence-corrected chi connectivity index (χ0v) is 12.9. The average Bonchev–Trinajstić information content (AvgIpc) is 2.36. The summed E-state index contributed by atoms with van der Waals surface area (Å²) >= 11 is 0. The number of aliphatic hydroxyl groups is 1. The molecule has 1 aliphatic carbocycles. The molecular weight excluding hydrogens is 242 g/mol. The van der Waals surface area contributed by atoms with Gasteiger partial charge in [-0.15, -0.1) is 0 Å². The van der Waals surface area contributed by atoms with Crippen LogP contribution in [0.15, 0.2) is 0 Å². The first-order valence-corrected chi connectivity index (χ1v) is 7.46. The molecule has 1 atom stereocenters. The Morgan fingerprint density at radius 2 is 1.89 bits per heavy atom. The van der Waals surface area contributed by atoms with E-state index >= 15 is 0 Å². The minimum absolute atomic E-state index is 0.115. The van der Waals surface area contributed by atoms with Gasteiger partial charge in [0, 0.05) is 19.2 Å². The largest absolute Gasteiger partial charge is 0.389 e. The number of hydrogen-bond acceptors (Lipinski definition) is 4. The van der Waals surface area contributed by atoms with Crippen molar-refractivity contribution in [1.82, 2.24) is 5.32 Å². The Morgan fingerprint density at radius 3 is 2.47 bits per heavy atom. The van der Waals surface area contributed by atoms with Gasteiger partial charge in [0.25, 0.3) is 0 Å². The average molecular weight is 273 g/mol. The normalized spacial score (nSPS) is 26.4. The number of ether oxygens (including phenoxy) is 2. The highest BCUT2D eigenvalue weighted by atomic mass is 16.5. The van der Waals surface area contributed by atoms with Gasteiger partial charge >= 0.3 is 0 Å². The molecule has 4 nitrogen and oxygen atoms in total. The lowest BCUT2D eigenvalue weighted by atomic mass is 9.89. The van der Waals surface area contributed by atoms with Crippen molar-refractivity contribution in [3.8, 4) is 0 Å². The molecule has 0 bridgehead atoms. The van der Waals surface area contributed by atoms with E-state index in [1.807, 2.05) is 0 Å². The smallest absolute Gasteiger partial charge is 0.0898 e. The standard InChI is InChI=1S/C15H31NO3/c1-12-5-7-14(8-6-12)19-10-13(17)9-16-15(2,3)11-18-4/h12-14,16-17H,5-11H2,1-4H3. The van der Waals surface area contributed by atoms with Crippen molar-refractivity contribution < 1.29 is 14.6 Å². The van der Waals surface area contributed by atoms with Crippen molar-refractivity contribution in [3.05, 3.63) is 0 Å². The van der Waals surface area contributed by atoms with Crippen LogP contribution in [0.2, 0.25) is 0 Å². The van der Waals surface area contributed by atoms with E-state index in [1.54, 1.807) is 7.11 Å². The van der Waals surface area contributed by atoms with Crippen LogP contribution in [-0.2, 0) is 9.47 Å². The molecule has 0 aromatic carbocycles. The zero-order valence-electron chi connectivity index (χ0n) is 12.9. The number of rotatable bonds is 8. The summed E-state index contributed by atoms with van der Waals surface area (Å²) in [5, 5.41) is 13.2. The van der Waals surface area contributed by atoms with E-state index in [9.17, 15) is 5.11 Å². The van der Waals surface area contributed by atoms with Crippen LogP contribution in [0.1, 0.15) is 46.5 Å². The molecule has 4 heteroatoms. The fourth-order valence-electron chi connectivity index (χ4n) is 2.51. The quantitative estimate of drug-likeness (QED) is 0.710. The van der Waals surface area contributed by atoms with E-state index in [4.69, 9.17) is 9.47 Å². The molecule has 1 unspecified atom stereocenters. The van der Waals surface area contributed by atoms with Crippen LogP contribution >= 0.6 is 0 Å². The fraction of sp³-hybridized carbons (Fsp3) is 1.00. The topological polar surface area (TPSA) is 50.7 Å². The molecule has 0 spiro atoms. The molecule has 0 aromatic rings. The molecule has 0 aromatic heterocycles. The molecule has 0 amide bonds. The van der Waals surface area contributed by atoms with Crippen LogP contribution in [0.4, 0.5) is 0 Å². The van der Waals surface area contributed by atoms with Gasteiger partial charge in [-0.25, -0.2) is 0 Å². The second kappa shape index (κ2) is 8.20. The molecule has 0 heterocycles. The third kappa shape index (κ3) is 7.25. The van der Waals surface area contributed by atoms with Gasteiger partial charge in [-0.05, 0) is 45.4 Å². The number of methoxy groups -OCH3 is 1. The molecule has 1 rings (SSSR count). The molecule has 0 aliphatic heterocycles. The van der Waals surface area contributed by atoms with Gasteiger partial charge in [-0.2, -0.15) is 0 Å². The van der Waals surface area contributed by atoms with Crippen LogP contribution in [0.3, 0.4) is 0 Å². The van der Waals surface area contributed by atoms with E-state index in [2.05, 4.69) is 26.1 Å². The highest BCUT2D eigenvalue weighted by Crippen LogP contribution is 2.25. The van der Waals surface area contributed by atoms with Crippen LogP contribution in [-0.4, -0.2) is 49.7 Å². The van der Waals surface area contributed by atoms with Gasteiger partial charge in [0.1, 0.15) is 0 Å². The van der Waals surface area contributed by atoms with Crippen molar-refractivity contribution in [3.63, 3.8) is 0 Å². The zero-order chi connectivity index (χ0) is 14.3. The van der Waals surface area contributed by atoms with Crippen molar-refractivity contribution in [2.24, 2.45) is 5.92 Å². The maximum absolute atomic E-state index is 9.94. The van der Waals surface area contributed by atoms with Crippen LogP contribution in [0.5, 0.6) is 0 Å². The summed E-state index contributed by atoms with van der Waals surface area (Å²) in [5.41, 5.74) is -0.115. The Hall–Kier alpha value is -0.160. The summed E-state index contributed by atoms with van der Waals surface area (Å²) in [5.74, 6) is 0.835. The summed E-state index contributed by atoms with van der Waals surface area (Å²) in [6.45, 7) is 8.02. The molecule has 1 fully saturated rings. The summed E-state index contributed by atoms with van der Waals surface area (Å²) in [6, 6.07) is 0.